The summed E-state index contributed by atoms with van der Waals surface area (Å²) in [5, 5.41) is 11.5. The first-order valence-electron chi connectivity index (χ1n) is 5.97. The van der Waals surface area contributed by atoms with Gasteiger partial charge in [-0.25, -0.2) is 0 Å². The van der Waals surface area contributed by atoms with Gasteiger partial charge in [0.25, 0.3) is 0 Å². The van der Waals surface area contributed by atoms with Gasteiger partial charge in [0, 0.05) is 19.6 Å². The molecule has 0 bridgehead atoms. The van der Waals surface area contributed by atoms with Gasteiger partial charge in [-0.2, -0.15) is 5.10 Å². The first-order valence-corrected chi connectivity index (χ1v) is 5.97. The standard InChI is InChI=1S/C12H20N4O/c1-12(2)9-16(6-7-17-12)11-5-4-10(8-13-3)14-15-11/h4-5,13H,6-9H2,1-3H3. The fraction of sp³-hybridized carbons (Fsp3) is 0.667. The van der Waals surface area contributed by atoms with E-state index in [1.54, 1.807) is 0 Å². The van der Waals surface area contributed by atoms with E-state index in [9.17, 15) is 0 Å². The van der Waals surface area contributed by atoms with Crippen LogP contribution in [0.1, 0.15) is 19.5 Å². The summed E-state index contributed by atoms with van der Waals surface area (Å²) in [7, 11) is 1.90. The normalized spacial score (nSPS) is 19.4. The highest BCUT2D eigenvalue weighted by Gasteiger charge is 2.27. The number of rotatable bonds is 3. The fourth-order valence-electron chi connectivity index (χ4n) is 2.01. The maximum absolute atomic E-state index is 5.68. The van der Waals surface area contributed by atoms with E-state index in [1.165, 1.54) is 0 Å². The second-order valence-corrected chi connectivity index (χ2v) is 4.94. The Hall–Kier alpha value is -1.20. The van der Waals surface area contributed by atoms with Crippen molar-refractivity contribution in [3.05, 3.63) is 17.8 Å². The lowest BCUT2D eigenvalue weighted by Gasteiger charge is -2.38. The summed E-state index contributed by atoms with van der Waals surface area (Å²) in [4.78, 5) is 2.22. The van der Waals surface area contributed by atoms with Gasteiger partial charge < -0.3 is 15.0 Å². The van der Waals surface area contributed by atoms with Crippen molar-refractivity contribution >= 4 is 5.82 Å². The van der Waals surface area contributed by atoms with Crippen molar-refractivity contribution in [2.75, 3.05) is 31.6 Å². The zero-order chi connectivity index (χ0) is 12.3. The zero-order valence-electron chi connectivity index (χ0n) is 10.7. The van der Waals surface area contributed by atoms with E-state index in [-0.39, 0.29) is 5.60 Å². The van der Waals surface area contributed by atoms with Crippen molar-refractivity contribution in [1.82, 2.24) is 15.5 Å². The highest BCUT2D eigenvalue weighted by molar-refractivity contribution is 5.38. The molecule has 0 atom stereocenters. The predicted octanol–water partition coefficient (Wildman–Crippen LogP) is 0.811. The molecule has 17 heavy (non-hydrogen) atoms. The molecule has 94 valence electrons. The summed E-state index contributed by atoms with van der Waals surface area (Å²) in [5.41, 5.74) is 0.854. The Balaban J connectivity index is 2.06. The Bertz CT molecular complexity index is 363. The molecule has 1 N–H and O–H groups in total. The van der Waals surface area contributed by atoms with Crippen molar-refractivity contribution in [3.8, 4) is 0 Å². The average molecular weight is 236 g/mol. The lowest BCUT2D eigenvalue weighted by atomic mass is 10.1. The first-order chi connectivity index (χ1) is 8.11. The summed E-state index contributed by atoms with van der Waals surface area (Å²) < 4.78 is 5.68. The van der Waals surface area contributed by atoms with Crippen molar-refractivity contribution in [2.45, 2.75) is 26.0 Å². The van der Waals surface area contributed by atoms with Crippen LogP contribution in [0.3, 0.4) is 0 Å². The van der Waals surface area contributed by atoms with Gasteiger partial charge in [-0.05, 0) is 33.0 Å². The molecule has 0 aliphatic carbocycles. The minimum Gasteiger partial charge on any atom is -0.372 e. The predicted molar refractivity (Wildman–Crippen MR) is 67.0 cm³/mol. The molecule has 5 nitrogen and oxygen atoms in total. The third kappa shape index (κ3) is 3.14. The first kappa shape index (κ1) is 12.3. The summed E-state index contributed by atoms with van der Waals surface area (Å²) >= 11 is 0. The molecule has 2 rings (SSSR count). The van der Waals surface area contributed by atoms with Crippen LogP contribution in [0.15, 0.2) is 12.1 Å². The van der Waals surface area contributed by atoms with Crippen LogP contribution in [0.25, 0.3) is 0 Å². The molecule has 1 fully saturated rings. The van der Waals surface area contributed by atoms with Crippen molar-refractivity contribution < 1.29 is 4.74 Å². The average Bonchev–Trinajstić information content (AvgIpc) is 2.29. The fourth-order valence-corrected chi connectivity index (χ4v) is 2.01. The molecular formula is C12H20N4O. The number of nitrogens with one attached hydrogen (secondary N) is 1. The van der Waals surface area contributed by atoms with Gasteiger partial charge in [0.15, 0.2) is 5.82 Å². The molecular weight excluding hydrogens is 216 g/mol. The molecule has 1 aliphatic rings. The van der Waals surface area contributed by atoms with Gasteiger partial charge in [0.2, 0.25) is 0 Å². The second-order valence-electron chi connectivity index (χ2n) is 4.94. The monoisotopic (exact) mass is 236 g/mol. The lowest BCUT2D eigenvalue weighted by molar-refractivity contribution is -0.0279. The van der Waals surface area contributed by atoms with Gasteiger partial charge in [0.05, 0.1) is 17.9 Å². The maximum Gasteiger partial charge on any atom is 0.151 e. The number of aromatic nitrogens is 2. The van der Waals surface area contributed by atoms with E-state index in [2.05, 4.69) is 34.3 Å². The van der Waals surface area contributed by atoms with Crippen LogP contribution in [-0.4, -0.2) is 42.5 Å². The molecule has 1 saturated heterocycles. The number of nitrogens with zero attached hydrogens (tertiary/aromatic N) is 3. The van der Waals surface area contributed by atoms with Gasteiger partial charge in [-0.15, -0.1) is 5.10 Å². The molecule has 0 radical (unpaired) electrons. The van der Waals surface area contributed by atoms with Crippen LogP contribution in [0.4, 0.5) is 5.82 Å². The highest BCUT2D eigenvalue weighted by atomic mass is 16.5. The largest absolute Gasteiger partial charge is 0.372 e. The van der Waals surface area contributed by atoms with Gasteiger partial charge in [0.1, 0.15) is 0 Å². The van der Waals surface area contributed by atoms with Crippen LogP contribution in [-0.2, 0) is 11.3 Å². The van der Waals surface area contributed by atoms with Crippen LogP contribution < -0.4 is 10.2 Å². The molecule has 1 aromatic rings. The molecule has 0 unspecified atom stereocenters. The quantitative estimate of drug-likeness (QED) is 0.841. The van der Waals surface area contributed by atoms with E-state index in [0.29, 0.717) is 0 Å². The lowest BCUT2D eigenvalue weighted by Crippen LogP contribution is -2.48. The van der Waals surface area contributed by atoms with Crippen LogP contribution in [0.2, 0.25) is 0 Å². The van der Waals surface area contributed by atoms with Gasteiger partial charge in [-0.1, -0.05) is 0 Å². The Kier molecular flexibility index (Phi) is 3.59. The van der Waals surface area contributed by atoms with Gasteiger partial charge >= 0.3 is 0 Å². The molecule has 0 saturated carbocycles. The minimum absolute atomic E-state index is 0.108. The topological polar surface area (TPSA) is 50.3 Å². The highest BCUT2D eigenvalue weighted by Crippen LogP contribution is 2.20. The zero-order valence-corrected chi connectivity index (χ0v) is 10.7. The molecule has 2 heterocycles. The third-order valence-corrected chi connectivity index (χ3v) is 2.81. The van der Waals surface area contributed by atoms with E-state index in [1.807, 2.05) is 19.2 Å². The Morgan fingerprint density at radius 2 is 2.24 bits per heavy atom. The smallest absolute Gasteiger partial charge is 0.151 e. The van der Waals surface area contributed by atoms with Crippen LogP contribution >= 0.6 is 0 Å². The van der Waals surface area contributed by atoms with Crippen molar-refractivity contribution in [1.29, 1.82) is 0 Å². The van der Waals surface area contributed by atoms with E-state index in [0.717, 1.165) is 37.8 Å². The maximum atomic E-state index is 5.68. The van der Waals surface area contributed by atoms with E-state index < -0.39 is 0 Å². The minimum atomic E-state index is -0.108. The number of ether oxygens (including phenoxy) is 1. The Morgan fingerprint density at radius 3 is 2.82 bits per heavy atom. The SMILES string of the molecule is CNCc1ccc(N2CCOC(C)(C)C2)nn1. The van der Waals surface area contributed by atoms with Gasteiger partial charge in [-0.3, -0.25) is 0 Å². The molecule has 1 aliphatic heterocycles. The van der Waals surface area contributed by atoms with Crippen molar-refractivity contribution in [2.24, 2.45) is 0 Å². The number of hydrogen-bond acceptors (Lipinski definition) is 5. The Labute approximate surface area is 102 Å². The number of hydrogen-bond donors (Lipinski definition) is 1. The summed E-state index contributed by atoms with van der Waals surface area (Å²) in [5.74, 6) is 0.932. The second kappa shape index (κ2) is 4.98. The van der Waals surface area contributed by atoms with E-state index >= 15 is 0 Å². The Morgan fingerprint density at radius 1 is 1.41 bits per heavy atom. The van der Waals surface area contributed by atoms with Crippen molar-refractivity contribution in [3.63, 3.8) is 0 Å². The van der Waals surface area contributed by atoms with Crippen LogP contribution in [0, 0.1) is 0 Å². The molecule has 0 spiro atoms. The molecule has 0 aromatic carbocycles. The molecule has 5 heteroatoms. The van der Waals surface area contributed by atoms with E-state index in [4.69, 9.17) is 4.74 Å². The summed E-state index contributed by atoms with van der Waals surface area (Å²) in [6, 6.07) is 4.04. The number of morpholine rings is 1. The number of anilines is 1. The molecule has 0 amide bonds. The third-order valence-electron chi connectivity index (χ3n) is 2.81. The van der Waals surface area contributed by atoms with Crippen LogP contribution in [0.5, 0.6) is 0 Å². The summed E-state index contributed by atoms with van der Waals surface area (Å²) in [6.07, 6.45) is 0. The summed E-state index contributed by atoms with van der Waals surface area (Å²) in [6.45, 7) is 7.43. The molecule has 1 aromatic heterocycles.